The van der Waals surface area contributed by atoms with E-state index in [1.807, 2.05) is 6.92 Å². The van der Waals surface area contributed by atoms with Gasteiger partial charge in [-0.15, -0.1) is 24.0 Å². The molecule has 0 amide bonds. The average molecular weight is 486 g/mol. The van der Waals surface area contributed by atoms with E-state index in [1.54, 1.807) is 12.1 Å². The van der Waals surface area contributed by atoms with Gasteiger partial charge in [0.25, 0.3) is 0 Å². The summed E-state index contributed by atoms with van der Waals surface area (Å²) >= 11 is 5.80. The fourth-order valence-electron chi connectivity index (χ4n) is 2.73. The summed E-state index contributed by atoms with van der Waals surface area (Å²) in [5.74, 6) is 0.253. The van der Waals surface area contributed by atoms with Crippen molar-refractivity contribution < 1.29 is 14.2 Å². The molecule has 3 N–H and O–H groups in total. The van der Waals surface area contributed by atoms with Crippen molar-refractivity contribution in [2.24, 2.45) is 10.4 Å². The molecule has 1 aliphatic heterocycles. The van der Waals surface area contributed by atoms with Gasteiger partial charge in [0.1, 0.15) is 5.82 Å². The monoisotopic (exact) mass is 485 g/mol. The number of rotatable bonds is 7. The van der Waals surface area contributed by atoms with Crippen molar-refractivity contribution in [1.82, 2.24) is 10.6 Å². The van der Waals surface area contributed by atoms with Crippen LogP contribution < -0.4 is 10.6 Å². The first kappa shape index (κ1) is 22.4. The van der Waals surface area contributed by atoms with Crippen LogP contribution in [0.15, 0.2) is 23.2 Å². The molecule has 25 heavy (non-hydrogen) atoms. The van der Waals surface area contributed by atoms with E-state index >= 15 is 0 Å². The molecule has 8 heteroatoms. The topological polar surface area (TPSA) is 65.9 Å². The second-order valence-electron chi connectivity index (χ2n) is 6.07. The minimum absolute atomic E-state index is 0. The van der Waals surface area contributed by atoms with Crippen molar-refractivity contribution in [2.45, 2.75) is 26.3 Å². The van der Waals surface area contributed by atoms with Gasteiger partial charge in [0.05, 0.1) is 18.2 Å². The van der Waals surface area contributed by atoms with Crippen molar-refractivity contribution >= 4 is 41.5 Å². The Morgan fingerprint density at radius 2 is 2.24 bits per heavy atom. The number of halogens is 3. The Bertz CT molecular complexity index is 569. The van der Waals surface area contributed by atoms with Crippen LogP contribution >= 0.6 is 35.6 Å². The SMILES string of the molecule is CCNC(=NCc1ccc(F)c(Cl)c1)NCC1(CCO)CCOC1.I. The largest absolute Gasteiger partial charge is 0.396 e. The summed E-state index contributed by atoms with van der Waals surface area (Å²) in [5, 5.41) is 15.9. The molecule has 1 aromatic rings. The van der Waals surface area contributed by atoms with Crippen LogP contribution in [0.5, 0.6) is 0 Å². The maximum absolute atomic E-state index is 13.2. The molecule has 0 spiro atoms. The maximum Gasteiger partial charge on any atom is 0.191 e. The number of hydrogen-bond acceptors (Lipinski definition) is 3. The van der Waals surface area contributed by atoms with E-state index in [2.05, 4.69) is 15.6 Å². The first-order chi connectivity index (χ1) is 11.6. The molecule has 0 radical (unpaired) electrons. The van der Waals surface area contributed by atoms with Crippen LogP contribution in [0.1, 0.15) is 25.3 Å². The zero-order valence-corrected chi connectivity index (χ0v) is 17.4. The molecular formula is C17H26ClFIN3O2. The quantitative estimate of drug-likeness (QED) is 0.316. The summed E-state index contributed by atoms with van der Waals surface area (Å²) in [7, 11) is 0. The molecule has 1 heterocycles. The normalized spacial score (nSPS) is 20.2. The zero-order valence-electron chi connectivity index (χ0n) is 14.4. The predicted octanol–water partition coefficient (Wildman–Crippen LogP) is 2.94. The lowest BCUT2D eigenvalue weighted by atomic mass is 9.84. The Morgan fingerprint density at radius 1 is 1.44 bits per heavy atom. The average Bonchev–Trinajstić information content (AvgIpc) is 3.02. The Balaban J connectivity index is 0.00000312. The van der Waals surface area contributed by atoms with Crippen LogP contribution in [0, 0.1) is 11.2 Å². The summed E-state index contributed by atoms with van der Waals surface area (Å²) in [4.78, 5) is 4.52. The highest BCUT2D eigenvalue weighted by atomic mass is 127. The van der Waals surface area contributed by atoms with Crippen molar-refractivity contribution in [3.05, 3.63) is 34.6 Å². The fraction of sp³-hybridized carbons (Fsp3) is 0.588. The summed E-state index contributed by atoms with van der Waals surface area (Å²) < 4.78 is 18.7. The van der Waals surface area contributed by atoms with Gasteiger partial charge >= 0.3 is 0 Å². The Hall–Kier alpha value is -0.640. The van der Waals surface area contributed by atoms with Gasteiger partial charge in [0, 0.05) is 31.7 Å². The van der Waals surface area contributed by atoms with Gasteiger partial charge in [-0.2, -0.15) is 0 Å². The Kier molecular flexibility index (Phi) is 9.99. The lowest BCUT2D eigenvalue weighted by Crippen LogP contribution is -2.44. The first-order valence-corrected chi connectivity index (χ1v) is 8.61. The third-order valence-electron chi connectivity index (χ3n) is 4.21. The highest BCUT2D eigenvalue weighted by Crippen LogP contribution is 2.31. The molecule has 142 valence electrons. The van der Waals surface area contributed by atoms with Gasteiger partial charge < -0.3 is 20.5 Å². The summed E-state index contributed by atoms with van der Waals surface area (Å²) in [6.07, 6.45) is 1.63. The molecule has 1 aliphatic rings. The number of guanidine groups is 1. The van der Waals surface area contributed by atoms with Crippen molar-refractivity contribution in [3.8, 4) is 0 Å². The summed E-state index contributed by atoms with van der Waals surface area (Å²) in [6.45, 7) is 5.33. The molecule has 1 saturated heterocycles. The third kappa shape index (κ3) is 6.88. The van der Waals surface area contributed by atoms with E-state index in [-0.39, 0.29) is 41.0 Å². The highest BCUT2D eigenvalue weighted by Gasteiger charge is 2.34. The molecule has 5 nitrogen and oxygen atoms in total. The number of hydrogen-bond donors (Lipinski definition) is 3. The third-order valence-corrected chi connectivity index (χ3v) is 4.50. The smallest absolute Gasteiger partial charge is 0.191 e. The van der Waals surface area contributed by atoms with Crippen molar-refractivity contribution in [3.63, 3.8) is 0 Å². The number of nitrogens with zero attached hydrogens (tertiary/aromatic N) is 1. The molecule has 0 aliphatic carbocycles. The number of benzene rings is 1. The van der Waals surface area contributed by atoms with Gasteiger partial charge in [0.15, 0.2) is 5.96 Å². The highest BCUT2D eigenvalue weighted by molar-refractivity contribution is 14.0. The molecule has 0 bridgehead atoms. The molecule has 1 atom stereocenters. The van der Waals surface area contributed by atoms with Gasteiger partial charge in [-0.3, -0.25) is 0 Å². The lowest BCUT2D eigenvalue weighted by molar-refractivity contribution is 0.127. The zero-order chi connectivity index (χ0) is 17.4. The van der Waals surface area contributed by atoms with E-state index < -0.39 is 5.82 Å². The number of ether oxygens (including phenoxy) is 1. The van der Waals surface area contributed by atoms with E-state index in [4.69, 9.17) is 16.3 Å². The predicted molar refractivity (Wildman–Crippen MR) is 109 cm³/mol. The second kappa shape index (κ2) is 11.2. The van der Waals surface area contributed by atoms with Gasteiger partial charge in [-0.1, -0.05) is 17.7 Å². The molecule has 1 fully saturated rings. The minimum Gasteiger partial charge on any atom is -0.396 e. The van der Waals surface area contributed by atoms with E-state index in [1.165, 1.54) is 6.07 Å². The van der Waals surface area contributed by atoms with Crippen LogP contribution in [0.3, 0.4) is 0 Å². The molecule has 1 unspecified atom stereocenters. The number of aliphatic hydroxyl groups excluding tert-OH is 1. The van der Waals surface area contributed by atoms with Gasteiger partial charge in [-0.05, 0) is 37.5 Å². The van der Waals surface area contributed by atoms with Crippen molar-refractivity contribution in [1.29, 1.82) is 0 Å². The molecule has 0 aromatic heterocycles. The maximum atomic E-state index is 13.2. The van der Waals surface area contributed by atoms with Crippen LogP contribution in [0.2, 0.25) is 5.02 Å². The van der Waals surface area contributed by atoms with Crippen LogP contribution in [0.4, 0.5) is 4.39 Å². The van der Waals surface area contributed by atoms with Gasteiger partial charge in [0.2, 0.25) is 0 Å². The standard InChI is InChI=1S/C17H25ClFN3O2.HI/c1-2-20-16(21-10-13-3-4-15(19)14(18)9-13)22-11-17(5-7-23)6-8-24-12-17;/h3-4,9,23H,2,5-8,10-12H2,1H3,(H2,20,21,22);1H. The van der Waals surface area contributed by atoms with Crippen molar-refractivity contribution in [2.75, 3.05) is 32.9 Å². The number of nitrogens with one attached hydrogen (secondary N) is 2. The number of aliphatic imine (C=N–C) groups is 1. The molecular weight excluding hydrogens is 460 g/mol. The Morgan fingerprint density at radius 3 is 2.84 bits per heavy atom. The van der Waals surface area contributed by atoms with E-state index in [0.717, 1.165) is 25.1 Å². The fourth-order valence-corrected chi connectivity index (χ4v) is 2.94. The van der Waals surface area contributed by atoms with Gasteiger partial charge in [-0.25, -0.2) is 9.38 Å². The summed E-state index contributed by atoms with van der Waals surface area (Å²) in [6, 6.07) is 4.61. The van der Waals surface area contributed by atoms with E-state index in [0.29, 0.717) is 32.1 Å². The molecule has 1 aromatic carbocycles. The second-order valence-corrected chi connectivity index (χ2v) is 6.48. The molecule has 2 rings (SSSR count). The van der Waals surface area contributed by atoms with Crippen LogP contribution in [-0.4, -0.2) is 44.0 Å². The lowest BCUT2D eigenvalue weighted by Gasteiger charge is -2.27. The summed E-state index contributed by atoms with van der Waals surface area (Å²) in [5.41, 5.74) is 0.789. The van der Waals surface area contributed by atoms with Crippen LogP contribution in [0.25, 0.3) is 0 Å². The number of aliphatic hydroxyl groups is 1. The molecule has 0 saturated carbocycles. The minimum atomic E-state index is -0.429. The Labute approximate surface area is 170 Å². The first-order valence-electron chi connectivity index (χ1n) is 8.23. The van der Waals surface area contributed by atoms with E-state index in [9.17, 15) is 9.50 Å². The van der Waals surface area contributed by atoms with Crippen LogP contribution in [-0.2, 0) is 11.3 Å².